The first kappa shape index (κ1) is 20.4. The number of hydrogen-bond donors (Lipinski definition) is 2. The molecule has 1 saturated heterocycles. The molecule has 158 valence electrons. The van der Waals surface area contributed by atoms with Gasteiger partial charge in [0.05, 0.1) is 0 Å². The lowest BCUT2D eigenvalue weighted by Crippen LogP contribution is -2.49. The van der Waals surface area contributed by atoms with Gasteiger partial charge in [-0.2, -0.15) is 0 Å². The highest BCUT2D eigenvalue weighted by Gasteiger charge is 2.20. The van der Waals surface area contributed by atoms with Gasteiger partial charge in [0.25, 0.3) is 0 Å². The van der Waals surface area contributed by atoms with Crippen molar-refractivity contribution in [3.05, 3.63) is 71.9 Å². The van der Waals surface area contributed by atoms with Crippen molar-refractivity contribution >= 4 is 17.5 Å². The van der Waals surface area contributed by atoms with Crippen molar-refractivity contribution in [3.63, 3.8) is 0 Å². The minimum atomic E-state index is -0.836. The quantitative estimate of drug-likeness (QED) is 0.760. The zero-order valence-corrected chi connectivity index (χ0v) is 16.7. The minimum absolute atomic E-state index is 0.200. The highest BCUT2D eigenvalue weighted by Crippen LogP contribution is 2.28. The molecule has 0 radical (unpaired) electrons. The largest absolute Gasteiger partial charge is 0.491 e. The molecule has 1 atom stereocenters. The molecule has 2 N–H and O–H groups in total. The van der Waals surface area contributed by atoms with Crippen LogP contribution in [0.15, 0.2) is 54.8 Å². The predicted octanol–water partition coefficient (Wildman–Crippen LogP) is 3.48. The number of fused-ring (bicyclic) bond motifs is 1. The van der Waals surface area contributed by atoms with E-state index in [1.807, 2.05) is 35.3 Å². The van der Waals surface area contributed by atoms with E-state index < -0.39 is 17.7 Å². The molecule has 2 aliphatic heterocycles. The van der Waals surface area contributed by atoms with Crippen molar-refractivity contribution in [2.24, 2.45) is 0 Å². The van der Waals surface area contributed by atoms with Crippen LogP contribution in [0.1, 0.15) is 5.56 Å². The zero-order valence-electron chi connectivity index (χ0n) is 16.7. The summed E-state index contributed by atoms with van der Waals surface area (Å²) in [5, 5.41) is 13.6. The molecule has 2 heterocycles. The van der Waals surface area contributed by atoms with Crippen LogP contribution >= 0.6 is 0 Å². The van der Waals surface area contributed by atoms with Gasteiger partial charge < -0.3 is 20.1 Å². The average molecular weight is 413 g/mol. The summed E-state index contributed by atoms with van der Waals surface area (Å²) in [4.78, 5) is 4.17. The Morgan fingerprint density at radius 3 is 2.60 bits per heavy atom. The van der Waals surface area contributed by atoms with Crippen LogP contribution in [-0.4, -0.2) is 55.4 Å². The van der Waals surface area contributed by atoms with Gasteiger partial charge in [-0.05, 0) is 36.4 Å². The van der Waals surface area contributed by atoms with E-state index >= 15 is 0 Å². The molecule has 0 unspecified atom stereocenters. The molecule has 0 amide bonds. The van der Waals surface area contributed by atoms with E-state index in [-0.39, 0.29) is 6.61 Å². The van der Waals surface area contributed by atoms with Gasteiger partial charge in [-0.25, -0.2) is 8.78 Å². The number of allylic oxidation sites excluding steroid dienone is 1. The van der Waals surface area contributed by atoms with E-state index in [9.17, 15) is 13.9 Å². The van der Waals surface area contributed by atoms with E-state index in [0.717, 1.165) is 36.1 Å². The molecule has 2 aliphatic rings. The van der Waals surface area contributed by atoms with Crippen molar-refractivity contribution in [1.29, 1.82) is 0 Å². The summed E-state index contributed by atoms with van der Waals surface area (Å²) in [6.45, 7) is 7.42. The number of anilines is 2. The van der Waals surface area contributed by atoms with Crippen LogP contribution in [0.3, 0.4) is 0 Å². The number of piperazine rings is 1. The van der Waals surface area contributed by atoms with Crippen molar-refractivity contribution in [2.45, 2.75) is 6.10 Å². The zero-order chi connectivity index (χ0) is 21.1. The summed E-state index contributed by atoms with van der Waals surface area (Å²) < 4.78 is 32.3. The summed E-state index contributed by atoms with van der Waals surface area (Å²) in [6.07, 6.45) is 3.26. The van der Waals surface area contributed by atoms with Crippen molar-refractivity contribution in [3.8, 4) is 5.75 Å². The van der Waals surface area contributed by atoms with Crippen molar-refractivity contribution in [1.82, 2.24) is 4.90 Å². The first-order chi connectivity index (χ1) is 14.5. The molecule has 0 saturated carbocycles. The molecule has 2 aromatic carbocycles. The van der Waals surface area contributed by atoms with Gasteiger partial charge in [0, 0.05) is 61.4 Å². The number of nitrogens with one attached hydrogen (secondary N) is 1. The second-order valence-corrected chi connectivity index (χ2v) is 7.58. The summed E-state index contributed by atoms with van der Waals surface area (Å²) in [5.41, 5.74) is 3.52. The van der Waals surface area contributed by atoms with Gasteiger partial charge in [-0.1, -0.05) is 12.7 Å². The number of aliphatic hydroxyl groups is 1. The SMILES string of the molecule is C=C1C=Cc2cc(OC[C@@H](O)CN3CCN(c4ccc(F)c(F)c4)CC3)ccc2N1. The number of aliphatic hydroxyl groups excluding tert-OH is 1. The number of nitrogens with zero attached hydrogens (tertiary/aromatic N) is 2. The Hall–Kier alpha value is -2.90. The van der Waals surface area contributed by atoms with Gasteiger partial charge in [-0.15, -0.1) is 0 Å². The summed E-state index contributed by atoms with van der Waals surface area (Å²) in [5.74, 6) is -0.965. The standard InChI is InChI=1S/C23H25F2N3O2/c1-16-2-3-17-12-20(5-7-23(17)26-16)30-15-19(29)14-27-8-10-28(11-9-27)18-4-6-21(24)22(25)13-18/h2-7,12-13,19,26,29H,1,8-11,14-15H2/t19-/m0/s1. The summed E-state index contributed by atoms with van der Waals surface area (Å²) >= 11 is 0. The first-order valence-corrected chi connectivity index (χ1v) is 9.99. The number of ether oxygens (including phenoxy) is 1. The normalized spacial score (nSPS) is 17.4. The Bertz CT molecular complexity index is 955. The number of benzene rings is 2. The van der Waals surface area contributed by atoms with Gasteiger partial charge >= 0.3 is 0 Å². The Balaban J connectivity index is 1.24. The average Bonchev–Trinajstić information content (AvgIpc) is 2.75. The maximum absolute atomic E-state index is 13.4. The lowest BCUT2D eigenvalue weighted by Gasteiger charge is -2.36. The molecule has 0 aromatic heterocycles. The Labute approximate surface area is 174 Å². The van der Waals surface area contributed by atoms with Crippen LogP contribution in [0.2, 0.25) is 0 Å². The number of halogens is 2. The number of hydrogen-bond acceptors (Lipinski definition) is 5. The molecular weight excluding hydrogens is 388 g/mol. The Kier molecular flexibility index (Phi) is 6.01. The molecular formula is C23H25F2N3O2. The van der Waals surface area contributed by atoms with Crippen LogP contribution in [-0.2, 0) is 0 Å². The third kappa shape index (κ3) is 4.80. The van der Waals surface area contributed by atoms with Gasteiger partial charge in [0.15, 0.2) is 11.6 Å². The maximum Gasteiger partial charge on any atom is 0.160 e. The summed E-state index contributed by atoms with van der Waals surface area (Å²) in [7, 11) is 0. The van der Waals surface area contributed by atoms with E-state index in [2.05, 4.69) is 16.8 Å². The molecule has 5 nitrogen and oxygen atoms in total. The highest BCUT2D eigenvalue weighted by molar-refractivity contribution is 5.75. The molecule has 0 aliphatic carbocycles. The third-order valence-corrected chi connectivity index (χ3v) is 5.33. The topological polar surface area (TPSA) is 48.0 Å². The van der Waals surface area contributed by atoms with Crippen LogP contribution in [0.5, 0.6) is 5.75 Å². The Morgan fingerprint density at radius 1 is 1.03 bits per heavy atom. The first-order valence-electron chi connectivity index (χ1n) is 9.99. The molecule has 1 fully saturated rings. The fourth-order valence-corrected chi connectivity index (χ4v) is 3.70. The molecule has 30 heavy (non-hydrogen) atoms. The molecule has 7 heteroatoms. The number of rotatable bonds is 6. The van der Waals surface area contributed by atoms with E-state index in [1.165, 1.54) is 6.07 Å². The van der Waals surface area contributed by atoms with Gasteiger partial charge in [-0.3, -0.25) is 4.90 Å². The second-order valence-electron chi connectivity index (χ2n) is 7.58. The third-order valence-electron chi connectivity index (χ3n) is 5.33. The van der Waals surface area contributed by atoms with E-state index in [0.29, 0.717) is 31.1 Å². The van der Waals surface area contributed by atoms with Crippen LogP contribution in [0.4, 0.5) is 20.2 Å². The Morgan fingerprint density at radius 2 is 1.83 bits per heavy atom. The monoisotopic (exact) mass is 413 g/mol. The molecule has 0 bridgehead atoms. The van der Waals surface area contributed by atoms with Crippen LogP contribution < -0.4 is 15.0 Å². The smallest absolute Gasteiger partial charge is 0.160 e. The predicted molar refractivity (Wildman–Crippen MR) is 115 cm³/mol. The van der Waals surface area contributed by atoms with Crippen LogP contribution in [0, 0.1) is 11.6 Å². The maximum atomic E-state index is 13.4. The molecule has 4 rings (SSSR count). The fourth-order valence-electron chi connectivity index (χ4n) is 3.70. The minimum Gasteiger partial charge on any atom is -0.491 e. The van der Waals surface area contributed by atoms with E-state index in [1.54, 1.807) is 6.07 Å². The van der Waals surface area contributed by atoms with Crippen LogP contribution in [0.25, 0.3) is 6.08 Å². The van der Waals surface area contributed by atoms with Gasteiger partial charge in [0.2, 0.25) is 0 Å². The lowest BCUT2D eigenvalue weighted by molar-refractivity contribution is 0.0663. The highest BCUT2D eigenvalue weighted by atomic mass is 19.2. The fraction of sp³-hybridized carbons (Fsp3) is 0.304. The van der Waals surface area contributed by atoms with Crippen molar-refractivity contribution < 1.29 is 18.6 Å². The second kappa shape index (κ2) is 8.85. The van der Waals surface area contributed by atoms with Gasteiger partial charge in [0.1, 0.15) is 18.5 Å². The number of β-amino-alcohol motifs (C(OH)–C–C–N with tert-alkyl or cyclic N) is 1. The lowest BCUT2D eigenvalue weighted by atomic mass is 10.1. The summed E-state index contributed by atoms with van der Waals surface area (Å²) in [6, 6.07) is 9.71. The van der Waals surface area contributed by atoms with Crippen molar-refractivity contribution in [2.75, 3.05) is 49.5 Å². The molecule has 0 spiro atoms. The molecule has 2 aromatic rings. The van der Waals surface area contributed by atoms with E-state index in [4.69, 9.17) is 4.74 Å².